The number of esters is 2. The van der Waals surface area contributed by atoms with Crippen LogP contribution in [0.3, 0.4) is 0 Å². The van der Waals surface area contributed by atoms with Gasteiger partial charge in [0.2, 0.25) is 0 Å². The number of unbranched alkanes of at least 4 members (excludes halogenated alkanes) is 10. The van der Waals surface area contributed by atoms with Gasteiger partial charge in [0.15, 0.2) is 0 Å². The number of ketones is 1. The van der Waals surface area contributed by atoms with E-state index in [-0.39, 0.29) is 35.0 Å². The molecule has 1 aromatic rings. The molecule has 2 rings (SSSR count). The minimum atomic E-state index is -1.01. The summed E-state index contributed by atoms with van der Waals surface area (Å²) in [5, 5.41) is 2.11. The van der Waals surface area contributed by atoms with E-state index in [4.69, 9.17) is 14.3 Å². The smallest absolute Gasteiger partial charge is 0.311 e. The molecule has 0 radical (unpaired) electrons. The number of nitrogens with zero attached hydrogens (tertiary/aromatic N) is 1. The van der Waals surface area contributed by atoms with Gasteiger partial charge in [-0.25, -0.2) is 0 Å². The van der Waals surface area contributed by atoms with Crippen LogP contribution in [0, 0.1) is 39.9 Å². The maximum absolute atomic E-state index is 14.9. The number of carbonyl (C=O) groups is 3. The van der Waals surface area contributed by atoms with Gasteiger partial charge in [-0.1, -0.05) is 197 Å². The Morgan fingerprint density at radius 2 is 1.26 bits per heavy atom. The van der Waals surface area contributed by atoms with Crippen molar-refractivity contribution in [3.05, 3.63) is 35.9 Å². The fraction of sp³-hybridized carbons (Fsp3) is 0.845. The van der Waals surface area contributed by atoms with Crippen LogP contribution in [0.25, 0.3) is 0 Å². The summed E-state index contributed by atoms with van der Waals surface area (Å²) in [5.41, 5.74) is -2.31. The summed E-state index contributed by atoms with van der Waals surface area (Å²) in [4.78, 5) is 50.6. The summed E-state index contributed by atoms with van der Waals surface area (Å²) in [5.74, 6) is -0.983. The molecule has 0 saturated carbocycles. The van der Waals surface area contributed by atoms with Gasteiger partial charge >= 0.3 is 11.9 Å². The van der Waals surface area contributed by atoms with Crippen LogP contribution < -0.4 is 0 Å². The van der Waals surface area contributed by atoms with Crippen LogP contribution in [0.2, 0.25) is 0 Å². The lowest BCUT2D eigenvalue weighted by Crippen LogP contribution is -2.68. The molecule has 376 valence electrons. The molecule has 0 aliphatic carbocycles. The van der Waals surface area contributed by atoms with Crippen LogP contribution >= 0.6 is 0 Å². The maximum Gasteiger partial charge on any atom is 0.311 e. The van der Waals surface area contributed by atoms with Crippen molar-refractivity contribution in [3.63, 3.8) is 0 Å². The third-order valence-electron chi connectivity index (χ3n) is 17.4. The number of rotatable bonds is 32. The van der Waals surface area contributed by atoms with Crippen molar-refractivity contribution in [1.29, 1.82) is 0 Å². The summed E-state index contributed by atoms with van der Waals surface area (Å²) in [6, 6.07) is 10.6. The van der Waals surface area contributed by atoms with E-state index in [0.29, 0.717) is 38.4 Å². The second kappa shape index (κ2) is 26.5. The Bertz CT molecular complexity index is 1550. The molecular formula is C58H103NO6. The first-order valence-corrected chi connectivity index (χ1v) is 26.8. The normalized spacial score (nSPS) is 22.0. The van der Waals surface area contributed by atoms with Gasteiger partial charge in [-0.3, -0.25) is 19.2 Å². The molecule has 7 nitrogen and oxygen atoms in total. The van der Waals surface area contributed by atoms with Crippen LogP contribution in [-0.2, 0) is 28.7 Å². The molecule has 0 N–H and O–H groups in total. The Morgan fingerprint density at radius 1 is 0.723 bits per heavy atom. The second-order valence-corrected chi connectivity index (χ2v) is 23.6. The van der Waals surface area contributed by atoms with E-state index in [1.165, 1.54) is 50.5 Å². The number of Topliss-reactive ketones (excluding diaryl/α,β-unsaturated/α-hetero) is 1. The summed E-state index contributed by atoms with van der Waals surface area (Å²) >= 11 is 0. The van der Waals surface area contributed by atoms with Gasteiger partial charge < -0.3 is 9.47 Å². The number of hydrogen-bond acceptors (Lipinski definition) is 7. The molecule has 1 fully saturated rings. The summed E-state index contributed by atoms with van der Waals surface area (Å²) in [7, 11) is 0. The predicted molar refractivity (Wildman–Crippen MR) is 273 cm³/mol. The molecule has 0 aromatic heterocycles. The van der Waals surface area contributed by atoms with Crippen molar-refractivity contribution in [1.82, 2.24) is 5.06 Å². The van der Waals surface area contributed by atoms with E-state index in [1.807, 2.05) is 20.8 Å². The van der Waals surface area contributed by atoms with E-state index in [1.54, 1.807) is 0 Å². The summed E-state index contributed by atoms with van der Waals surface area (Å²) < 4.78 is 12.7. The molecule has 1 heterocycles. The van der Waals surface area contributed by atoms with Crippen molar-refractivity contribution in [2.45, 2.75) is 262 Å². The minimum Gasteiger partial charge on any atom is -0.465 e. The Labute approximate surface area is 401 Å². The lowest BCUT2D eigenvalue weighted by molar-refractivity contribution is -0.348. The van der Waals surface area contributed by atoms with Crippen LogP contribution in [0.15, 0.2) is 30.3 Å². The topological polar surface area (TPSA) is 82.1 Å². The Kier molecular flexibility index (Phi) is 24.0. The molecule has 1 aliphatic rings. The predicted octanol–water partition coefficient (Wildman–Crippen LogP) is 16.1. The van der Waals surface area contributed by atoms with Crippen molar-refractivity contribution in [2.75, 3.05) is 13.2 Å². The molecule has 1 aromatic carbocycles. The monoisotopic (exact) mass is 910 g/mol. The van der Waals surface area contributed by atoms with Gasteiger partial charge in [0.05, 0.1) is 41.7 Å². The SMILES string of the molecule is CCCCCCCCCCCCOC(=O)C(CC(C)(C)C(C)(C)C(CC(C)(C)C(C)c1ccccc1)C(=O)OCC(CC)CCCC)C(C)(C)ON1C(C)(CC)CC(=O)C(C)C1(C)CC. The fourth-order valence-electron chi connectivity index (χ4n) is 10.4. The number of ether oxygens (including phenoxy) is 2. The van der Waals surface area contributed by atoms with Crippen LogP contribution in [0.4, 0.5) is 0 Å². The standard InChI is InChI=1S/C58H103NO6/c1-18-23-25-26-27-28-29-30-31-35-39-63-52(62)49(56(14,15)65-59-57(16,21-4)42-50(60)45(7)58(59,17)22-5)41-54(10,11)55(12,13)48(51(61)64-43-46(20-3)36-24-19-2)40-53(8,9)44(6)47-37-33-32-34-38-47/h32-34,37-38,44-46,48-49H,18-31,35-36,39-43H2,1-17H3. The molecule has 0 bridgehead atoms. The highest BCUT2D eigenvalue weighted by Gasteiger charge is 2.58. The van der Waals surface area contributed by atoms with Crippen LogP contribution in [0.5, 0.6) is 0 Å². The third-order valence-corrected chi connectivity index (χ3v) is 17.4. The summed E-state index contributed by atoms with van der Waals surface area (Å²) in [6.07, 6.45) is 19.2. The Hall–Kier alpha value is -2.25. The van der Waals surface area contributed by atoms with Crippen molar-refractivity contribution < 1.29 is 28.7 Å². The van der Waals surface area contributed by atoms with Crippen molar-refractivity contribution in [3.8, 4) is 0 Å². The average molecular weight is 910 g/mol. The zero-order valence-electron chi connectivity index (χ0n) is 45.5. The van der Waals surface area contributed by atoms with Crippen molar-refractivity contribution >= 4 is 17.7 Å². The largest absolute Gasteiger partial charge is 0.465 e. The number of piperidine rings is 1. The summed E-state index contributed by atoms with van der Waals surface area (Å²) in [6.45, 7) is 37.8. The van der Waals surface area contributed by atoms with Gasteiger partial charge in [-0.2, -0.15) is 5.06 Å². The molecule has 1 aliphatic heterocycles. The lowest BCUT2D eigenvalue weighted by atomic mass is 9.54. The first-order chi connectivity index (χ1) is 30.3. The van der Waals surface area contributed by atoms with E-state index in [2.05, 4.69) is 132 Å². The van der Waals surface area contributed by atoms with Crippen LogP contribution in [0.1, 0.15) is 251 Å². The van der Waals surface area contributed by atoms with Gasteiger partial charge in [0.1, 0.15) is 5.78 Å². The Morgan fingerprint density at radius 3 is 1.78 bits per heavy atom. The first-order valence-electron chi connectivity index (χ1n) is 26.8. The molecule has 7 atom stereocenters. The molecule has 7 heteroatoms. The highest BCUT2D eigenvalue weighted by Crippen LogP contribution is 2.55. The van der Waals surface area contributed by atoms with Crippen molar-refractivity contribution in [2.24, 2.45) is 39.9 Å². The number of benzene rings is 1. The van der Waals surface area contributed by atoms with E-state index < -0.39 is 39.3 Å². The molecule has 0 spiro atoms. The fourth-order valence-corrected chi connectivity index (χ4v) is 10.4. The number of hydroxylamine groups is 2. The number of carbonyl (C=O) groups excluding carboxylic acids is 3. The van der Waals surface area contributed by atoms with Gasteiger partial charge in [0.25, 0.3) is 0 Å². The molecule has 65 heavy (non-hydrogen) atoms. The van der Waals surface area contributed by atoms with E-state index in [0.717, 1.165) is 57.8 Å². The Balaban J connectivity index is 2.59. The maximum atomic E-state index is 14.9. The molecule has 7 unspecified atom stereocenters. The third kappa shape index (κ3) is 16.2. The second-order valence-electron chi connectivity index (χ2n) is 23.6. The quantitative estimate of drug-likeness (QED) is 0.0526. The zero-order chi connectivity index (χ0) is 49.3. The lowest BCUT2D eigenvalue weighted by Gasteiger charge is -2.58. The van der Waals surface area contributed by atoms with Gasteiger partial charge in [-0.15, -0.1) is 0 Å². The highest BCUT2D eigenvalue weighted by atomic mass is 16.7. The van der Waals surface area contributed by atoms with E-state index >= 15 is 0 Å². The first kappa shape index (κ1) is 58.9. The van der Waals surface area contributed by atoms with Gasteiger partial charge in [0, 0.05) is 12.3 Å². The molecule has 1 saturated heterocycles. The average Bonchev–Trinajstić information content (AvgIpc) is 3.27. The zero-order valence-corrected chi connectivity index (χ0v) is 45.5. The molecular weight excluding hydrogens is 807 g/mol. The highest BCUT2D eigenvalue weighted by molar-refractivity contribution is 5.84. The van der Waals surface area contributed by atoms with Gasteiger partial charge in [-0.05, 0) is 99.9 Å². The van der Waals surface area contributed by atoms with E-state index in [9.17, 15) is 14.4 Å². The van der Waals surface area contributed by atoms with Crippen LogP contribution in [-0.4, -0.2) is 52.7 Å². The number of hydrogen-bond donors (Lipinski definition) is 0. The minimum absolute atomic E-state index is 0.147. The molecule has 0 amide bonds.